The van der Waals surface area contributed by atoms with E-state index in [0.29, 0.717) is 14.4 Å². The van der Waals surface area contributed by atoms with Gasteiger partial charge in [-0.3, -0.25) is 0 Å². The first-order chi connectivity index (χ1) is 10.1. The van der Waals surface area contributed by atoms with Gasteiger partial charge < -0.3 is 10.1 Å². The van der Waals surface area contributed by atoms with Crippen molar-refractivity contribution < 1.29 is 4.74 Å². The predicted molar refractivity (Wildman–Crippen MR) is 97.0 cm³/mol. The van der Waals surface area contributed by atoms with Crippen LogP contribution in [0.4, 0.5) is 5.69 Å². The Kier molecular flexibility index (Phi) is 6.18. The number of thiocarbonyl (C=S) groups is 1. The van der Waals surface area contributed by atoms with Crippen LogP contribution in [-0.4, -0.2) is 11.4 Å². The summed E-state index contributed by atoms with van der Waals surface area (Å²) in [5, 5.41) is 4.26. The molecule has 0 radical (unpaired) electrons. The van der Waals surface area contributed by atoms with Gasteiger partial charge in [-0.1, -0.05) is 59.3 Å². The molecule has 2 aromatic carbocycles. The molecule has 0 unspecified atom stereocenters. The van der Waals surface area contributed by atoms with Crippen LogP contribution in [0.3, 0.4) is 0 Å². The summed E-state index contributed by atoms with van der Waals surface area (Å²) in [6.07, 6.45) is 0. The van der Waals surface area contributed by atoms with Crippen LogP contribution in [0.25, 0.3) is 0 Å². The van der Waals surface area contributed by atoms with Crippen LogP contribution < -0.4 is 10.1 Å². The van der Waals surface area contributed by atoms with Crippen molar-refractivity contribution in [2.75, 3.05) is 12.4 Å². The Morgan fingerprint density at radius 3 is 2.52 bits per heavy atom. The molecule has 0 aliphatic heterocycles. The minimum absolute atomic E-state index is 0.551. The molecule has 0 saturated heterocycles. The molecule has 2 rings (SSSR count). The Bertz CT molecular complexity index is 632. The molecule has 0 heterocycles. The van der Waals surface area contributed by atoms with Gasteiger partial charge in [-0.15, -0.1) is 0 Å². The first kappa shape index (κ1) is 16.4. The maximum absolute atomic E-state index is 6.09. The summed E-state index contributed by atoms with van der Waals surface area (Å²) in [7, 11) is 1.65. The zero-order valence-electron chi connectivity index (χ0n) is 11.2. The van der Waals surface area contributed by atoms with E-state index in [0.717, 1.165) is 17.2 Å². The molecule has 110 valence electrons. The van der Waals surface area contributed by atoms with Crippen LogP contribution in [0, 0.1) is 0 Å². The second-order valence-electron chi connectivity index (χ2n) is 4.17. The number of methoxy groups -OCH3 is 1. The highest BCUT2D eigenvalue weighted by atomic mass is 35.5. The molecule has 0 aromatic heterocycles. The summed E-state index contributed by atoms with van der Waals surface area (Å²) >= 11 is 18.8. The molecule has 0 fully saturated rings. The lowest BCUT2D eigenvalue weighted by atomic mass is 10.2. The average Bonchev–Trinajstić information content (AvgIpc) is 2.48. The van der Waals surface area contributed by atoms with E-state index >= 15 is 0 Å². The molecule has 0 atom stereocenters. The Morgan fingerprint density at radius 2 is 1.90 bits per heavy atom. The molecule has 6 heteroatoms. The number of ether oxygens (including phenoxy) is 1. The van der Waals surface area contributed by atoms with Crippen molar-refractivity contribution in [3.63, 3.8) is 0 Å². The first-order valence-corrected chi connectivity index (χ1v) is 8.25. The third-order valence-electron chi connectivity index (χ3n) is 2.70. The quantitative estimate of drug-likeness (QED) is 0.715. The summed E-state index contributed by atoms with van der Waals surface area (Å²) in [6, 6.07) is 13.2. The second kappa shape index (κ2) is 7.90. The summed E-state index contributed by atoms with van der Waals surface area (Å²) < 4.78 is 5.79. The van der Waals surface area contributed by atoms with E-state index in [9.17, 15) is 0 Å². The lowest BCUT2D eigenvalue weighted by Gasteiger charge is -2.09. The summed E-state index contributed by atoms with van der Waals surface area (Å²) in [5.74, 6) is 1.62. The van der Waals surface area contributed by atoms with E-state index in [-0.39, 0.29) is 0 Å². The lowest BCUT2D eigenvalue weighted by molar-refractivity contribution is 0.414. The Hall–Kier alpha value is -0.940. The van der Waals surface area contributed by atoms with E-state index in [1.165, 1.54) is 17.3 Å². The van der Waals surface area contributed by atoms with Crippen LogP contribution in [0.2, 0.25) is 10.0 Å². The fourth-order valence-electron chi connectivity index (χ4n) is 1.61. The number of hydrogen-bond acceptors (Lipinski definition) is 3. The smallest absolute Gasteiger partial charge is 0.138 e. The van der Waals surface area contributed by atoms with E-state index in [1.54, 1.807) is 19.2 Å². The topological polar surface area (TPSA) is 21.3 Å². The molecule has 0 aliphatic rings. The normalized spacial score (nSPS) is 10.2. The molecule has 2 aromatic rings. The fraction of sp³-hybridized carbons (Fsp3) is 0.133. The number of benzene rings is 2. The molecule has 2 nitrogen and oxygen atoms in total. The Labute approximate surface area is 143 Å². The number of hydrogen-bond donors (Lipinski definition) is 1. The van der Waals surface area contributed by atoms with Gasteiger partial charge in [0.15, 0.2) is 0 Å². The van der Waals surface area contributed by atoms with Crippen LogP contribution >= 0.6 is 47.2 Å². The lowest BCUT2D eigenvalue weighted by Crippen LogP contribution is -2.05. The Balaban J connectivity index is 1.89. The zero-order valence-corrected chi connectivity index (χ0v) is 14.4. The average molecular weight is 358 g/mol. The molecule has 21 heavy (non-hydrogen) atoms. The summed E-state index contributed by atoms with van der Waals surface area (Å²) in [6.45, 7) is 0. The van der Waals surface area contributed by atoms with Crippen molar-refractivity contribution in [1.29, 1.82) is 0 Å². The molecule has 0 bridgehead atoms. The standard InChI is InChI=1S/C15H13Cl2NOS2/c1-19-12-5-2-10(3-6-12)9-21-15(20)18-14-7-4-11(16)8-13(14)17/h2-8H,9H2,1H3,(H,18,20). The zero-order chi connectivity index (χ0) is 15.2. The minimum atomic E-state index is 0.551. The number of halogens is 2. The number of nitrogens with one attached hydrogen (secondary N) is 1. The molecule has 0 spiro atoms. The third-order valence-corrected chi connectivity index (χ3v) is 4.54. The first-order valence-electron chi connectivity index (χ1n) is 6.10. The highest BCUT2D eigenvalue weighted by Gasteiger charge is 2.05. The van der Waals surface area contributed by atoms with Gasteiger partial charge >= 0.3 is 0 Å². The summed E-state index contributed by atoms with van der Waals surface area (Å²) in [4.78, 5) is 0. The van der Waals surface area contributed by atoms with Gasteiger partial charge in [0, 0.05) is 10.8 Å². The summed E-state index contributed by atoms with van der Waals surface area (Å²) in [5.41, 5.74) is 1.93. The van der Waals surface area contributed by atoms with E-state index in [2.05, 4.69) is 5.32 Å². The van der Waals surface area contributed by atoms with Crippen molar-refractivity contribution in [3.8, 4) is 5.75 Å². The molecular weight excluding hydrogens is 345 g/mol. The van der Waals surface area contributed by atoms with Crippen LogP contribution in [-0.2, 0) is 5.75 Å². The maximum Gasteiger partial charge on any atom is 0.138 e. The van der Waals surface area contributed by atoms with Gasteiger partial charge in [0.1, 0.15) is 10.1 Å². The largest absolute Gasteiger partial charge is 0.497 e. The molecule has 0 aliphatic carbocycles. The minimum Gasteiger partial charge on any atom is -0.497 e. The predicted octanol–water partition coefficient (Wildman–Crippen LogP) is 5.63. The maximum atomic E-state index is 6.09. The van der Waals surface area contributed by atoms with E-state index in [4.69, 9.17) is 40.2 Å². The van der Waals surface area contributed by atoms with Crippen molar-refractivity contribution in [3.05, 3.63) is 58.1 Å². The number of thioether (sulfide) groups is 1. The van der Waals surface area contributed by atoms with Gasteiger partial charge in [-0.25, -0.2) is 0 Å². The van der Waals surface area contributed by atoms with Gasteiger partial charge in [0.2, 0.25) is 0 Å². The van der Waals surface area contributed by atoms with Crippen molar-refractivity contribution >= 4 is 57.2 Å². The van der Waals surface area contributed by atoms with Crippen LogP contribution in [0.5, 0.6) is 5.75 Å². The van der Waals surface area contributed by atoms with Crippen LogP contribution in [0.15, 0.2) is 42.5 Å². The van der Waals surface area contributed by atoms with Crippen molar-refractivity contribution in [2.45, 2.75) is 5.75 Å². The van der Waals surface area contributed by atoms with Gasteiger partial charge in [0.05, 0.1) is 17.8 Å². The van der Waals surface area contributed by atoms with E-state index < -0.39 is 0 Å². The third kappa shape index (κ3) is 5.08. The molecule has 0 amide bonds. The van der Waals surface area contributed by atoms with Gasteiger partial charge in [0.25, 0.3) is 0 Å². The Morgan fingerprint density at radius 1 is 1.19 bits per heavy atom. The van der Waals surface area contributed by atoms with Crippen molar-refractivity contribution in [1.82, 2.24) is 0 Å². The van der Waals surface area contributed by atoms with Crippen molar-refractivity contribution in [2.24, 2.45) is 0 Å². The molecule has 1 N–H and O–H groups in total. The number of rotatable bonds is 4. The van der Waals surface area contributed by atoms with Gasteiger partial charge in [-0.2, -0.15) is 0 Å². The second-order valence-corrected chi connectivity index (χ2v) is 6.67. The SMILES string of the molecule is COc1ccc(CSC(=S)Nc2ccc(Cl)cc2Cl)cc1. The van der Waals surface area contributed by atoms with E-state index in [1.807, 2.05) is 30.3 Å². The van der Waals surface area contributed by atoms with Crippen LogP contribution in [0.1, 0.15) is 5.56 Å². The van der Waals surface area contributed by atoms with Gasteiger partial charge in [-0.05, 0) is 35.9 Å². The molecular formula is C15H13Cl2NOS2. The number of anilines is 1. The highest BCUT2D eigenvalue weighted by molar-refractivity contribution is 8.22. The fourth-order valence-corrected chi connectivity index (χ4v) is 3.02. The monoisotopic (exact) mass is 357 g/mol. The highest BCUT2D eigenvalue weighted by Crippen LogP contribution is 2.27. The molecule has 0 saturated carbocycles.